The summed E-state index contributed by atoms with van der Waals surface area (Å²) in [5, 5.41) is 47.4. The predicted octanol–water partition coefficient (Wildman–Crippen LogP) is 1.24. The monoisotopic (exact) mass is 360 g/mol. The maximum atomic E-state index is 12.0. The molecule has 2 aromatic carbocycles. The van der Waals surface area contributed by atoms with E-state index >= 15 is 0 Å². The van der Waals surface area contributed by atoms with Gasteiger partial charge in [-0.3, -0.25) is 9.59 Å². The summed E-state index contributed by atoms with van der Waals surface area (Å²) in [6, 6.07) is 7.03. The van der Waals surface area contributed by atoms with E-state index in [1.54, 1.807) is 0 Å². The van der Waals surface area contributed by atoms with E-state index < -0.39 is 46.0 Å². The summed E-state index contributed by atoms with van der Waals surface area (Å²) < 4.78 is 0. The first kappa shape index (κ1) is 18.5. The first-order valence-electron chi connectivity index (χ1n) is 7.00. The van der Waals surface area contributed by atoms with Gasteiger partial charge in [-0.25, -0.2) is 9.59 Å². The zero-order valence-electron chi connectivity index (χ0n) is 12.9. The van der Waals surface area contributed by atoms with Gasteiger partial charge < -0.3 is 25.5 Å². The van der Waals surface area contributed by atoms with Crippen LogP contribution in [0.5, 0.6) is 5.75 Å². The molecule has 0 unspecified atom stereocenters. The van der Waals surface area contributed by atoms with Crippen molar-refractivity contribution < 1.29 is 44.7 Å². The Morgan fingerprint density at radius 3 is 1.69 bits per heavy atom. The van der Waals surface area contributed by atoms with Gasteiger partial charge in [-0.15, -0.1) is 0 Å². The molecule has 9 heteroatoms. The summed E-state index contributed by atoms with van der Waals surface area (Å²) in [4.78, 5) is 47.0. The molecule has 2 rings (SSSR count). The van der Waals surface area contributed by atoms with Crippen molar-refractivity contribution in [3.63, 3.8) is 0 Å². The molecule has 0 radical (unpaired) electrons. The molecule has 0 heterocycles. The number of aromatic carboxylic acids is 2. The van der Waals surface area contributed by atoms with Crippen molar-refractivity contribution in [2.45, 2.75) is 5.41 Å². The van der Waals surface area contributed by atoms with E-state index in [1.807, 2.05) is 0 Å². The third-order valence-electron chi connectivity index (χ3n) is 3.85. The number of carboxylic acid groups (broad SMARTS) is 4. The molecule has 0 atom stereocenters. The van der Waals surface area contributed by atoms with Gasteiger partial charge in [-0.05, 0) is 23.8 Å². The van der Waals surface area contributed by atoms with Crippen LogP contribution in [-0.2, 0) is 15.0 Å². The number of benzene rings is 2. The molecule has 9 nitrogen and oxygen atoms in total. The summed E-state index contributed by atoms with van der Waals surface area (Å²) in [6.45, 7) is 0. The van der Waals surface area contributed by atoms with Crippen molar-refractivity contribution in [2.24, 2.45) is 0 Å². The van der Waals surface area contributed by atoms with Gasteiger partial charge in [0.25, 0.3) is 0 Å². The van der Waals surface area contributed by atoms with Crippen LogP contribution in [0.1, 0.15) is 31.8 Å². The summed E-state index contributed by atoms with van der Waals surface area (Å²) in [7, 11) is 0. The molecular formula is C17H12O9. The van der Waals surface area contributed by atoms with Crippen molar-refractivity contribution in [1.82, 2.24) is 0 Å². The Balaban J connectivity index is 3.01. The molecule has 2 aromatic rings. The summed E-state index contributed by atoms with van der Waals surface area (Å²) in [5.41, 5.74) is -5.68. The van der Waals surface area contributed by atoms with E-state index in [4.69, 9.17) is 0 Å². The van der Waals surface area contributed by atoms with E-state index in [2.05, 4.69) is 0 Å². The highest BCUT2D eigenvalue weighted by Gasteiger charge is 2.52. The second kappa shape index (κ2) is 6.55. The smallest absolute Gasteiger partial charge is 0.336 e. The molecule has 0 fully saturated rings. The zero-order chi connectivity index (χ0) is 19.6. The number of hydrogen-bond donors (Lipinski definition) is 5. The van der Waals surface area contributed by atoms with Gasteiger partial charge in [0.2, 0.25) is 5.41 Å². The number of rotatable bonds is 6. The second-order valence-corrected chi connectivity index (χ2v) is 5.25. The molecule has 134 valence electrons. The Morgan fingerprint density at radius 1 is 0.731 bits per heavy atom. The lowest BCUT2D eigenvalue weighted by molar-refractivity contribution is -0.155. The SMILES string of the molecule is O=C(O)c1cccc(C(C(=O)O)(C(=O)O)c2ccc(O)cc2)c1C(=O)O. The molecule has 5 N–H and O–H groups in total. The van der Waals surface area contributed by atoms with Crippen molar-refractivity contribution in [1.29, 1.82) is 0 Å². The van der Waals surface area contributed by atoms with Gasteiger partial charge in [0.1, 0.15) is 5.75 Å². The first-order chi connectivity index (χ1) is 12.1. The van der Waals surface area contributed by atoms with Gasteiger partial charge in [0, 0.05) is 5.56 Å². The lowest BCUT2D eigenvalue weighted by atomic mass is 9.72. The number of aromatic hydroxyl groups is 1. The molecule has 0 saturated carbocycles. The normalized spacial score (nSPS) is 10.9. The summed E-state index contributed by atoms with van der Waals surface area (Å²) in [5.74, 6) is -7.54. The average molecular weight is 360 g/mol. The zero-order valence-corrected chi connectivity index (χ0v) is 12.9. The van der Waals surface area contributed by atoms with Crippen molar-refractivity contribution in [2.75, 3.05) is 0 Å². The third kappa shape index (κ3) is 2.71. The molecule has 0 spiro atoms. The highest BCUT2D eigenvalue weighted by atomic mass is 16.4. The Labute approximate surface area is 145 Å². The Morgan fingerprint density at radius 2 is 1.27 bits per heavy atom. The van der Waals surface area contributed by atoms with Gasteiger partial charge in [0.15, 0.2) is 0 Å². The van der Waals surface area contributed by atoms with Gasteiger partial charge in [-0.1, -0.05) is 24.3 Å². The molecule has 0 aliphatic carbocycles. The minimum Gasteiger partial charge on any atom is -0.508 e. The number of hydrogen-bond acceptors (Lipinski definition) is 5. The Hall–Kier alpha value is -3.88. The van der Waals surface area contributed by atoms with Gasteiger partial charge >= 0.3 is 23.9 Å². The number of carboxylic acids is 4. The van der Waals surface area contributed by atoms with Crippen LogP contribution in [0.3, 0.4) is 0 Å². The molecular weight excluding hydrogens is 348 g/mol. The van der Waals surface area contributed by atoms with E-state index in [0.717, 1.165) is 42.5 Å². The van der Waals surface area contributed by atoms with Crippen LogP contribution >= 0.6 is 0 Å². The molecule has 0 aliphatic heterocycles. The van der Waals surface area contributed by atoms with Crippen LogP contribution in [0.4, 0.5) is 0 Å². The number of phenolic OH excluding ortho intramolecular Hbond substituents is 1. The standard InChI is InChI=1S/C17H12O9/c18-9-6-4-8(5-7-9)17(15(23)24,16(25)26)11-3-1-2-10(13(19)20)12(11)14(21)22/h1-7,18H,(H,19,20)(H,21,22)(H,23,24)(H,25,26). The predicted molar refractivity (Wildman–Crippen MR) is 84.5 cm³/mol. The molecule has 0 aliphatic rings. The van der Waals surface area contributed by atoms with Crippen LogP contribution in [0.2, 0.25) is 0 Å². The summed E-state index contributed by atoms with van der Waals surface area (Å²) in [6.07, 6.45) is 0. The van der Waals surface area contributed by atoms with Crippen LogP contribution in [0.15, 0.2) is 42.5 Å². The largest absolute Gasteiger partial charge is 0.508 e. The maximum Gasteiger partial charge on any atom is 0.336 e. The fraction of sp³-hybridized carbons (Fsp3) is 0.0588. The van der Waals surface area contributed by atoms with Crippen molar-refractivity contribution >= 4 is 23.9 Å². The molecule has 26 heavy (non-hydrogen) atoms. The van der Waals surface area contributed by atoms with Crippen molar-refractivity contribution in [3.05, 3.63) is 64.7 Å². The van der Waals surface area contributed by atoms with E-state index in [1.165, 1.54) is 0 Å². The van der Waals surface area contributed by atoms with Crippen molar-refractivity contribution in [3.8, 4) is 5.75 Å². The fourth-order valence-electron chi connectivity index (χ4n) is 2.71. The van der Waals surface area contributed by atoms with E-state index in [-0.39, 0.29) is 11.3 Å². The quantitative estimate of drug-likeness (QED) is 0.476. The number of aliphatic carboxylic acids is 2. The number of phenols is 1. The lowest BCUT2D eigenvalue weighted by Crippen LogP contribution is -2.46. The molecule has 0 aromatic heterocycles. The minimum absolute atomic E-state index is 0.267. The van der Waals surface area contributed by atoms with E-state index in [0.29, 0.717) is 0 Å². The topological polar surface area (TPSA) is 169 Å². The molecule has 0 amide bonds. The second-order valence-electron chi connectivity index (χ2n) is 5.25. The first-order valence-corrected chi connectivity index (χ1v) is 7.00. The molecule has 0 saturated heterocycles. The van der Waals surface area contributed by atoms with Crippen LogP contribution in [0.25, 0.3) is 0 Å². The van der Waals surface area contributed by atoms with Gasteiger partial charge in [-0.2, -0.15) is 0 Å². The maximum absolute atomic E-state index is 12.0. The van der Waals surface area contributed by atoms with Crippen LogP contribution in [-0.4, -0.2) is 49.4 Å². The van der Waals surface area contributed by atoms with Crippen LogP contribution in [0, 0.1) is 0 Å². The van der Waals surface area contributed by atoms with Gasteiger partial charge in [0.05, 0.1) is 11.1 Å². The number of carbonyl (C=O) groups is 4. The Bertz CT molecular complexity index is 898. The third-order valence-corrected chi connectivity index (χ3v) is 3.85. The average Bonchev–Trinajstić information content (AvgIpc) is 2.56. The molecule has 0 bridgehead atoms. The van der Waals surface area contributed by atoms with Crippen LogP contribution < -0.4 is 0 Å². The summed E-state index contributed by atoms with van der Waals surface area (Å²) >= 11 is 0. The highest BCUT2D eigenvalue weighted by molar-refractivity contribution is 6.13. The minimum atomic E-state index is -2.90. The highest BCUT2D eigenvalue weighted by Crippen LogP contribution is 2.37. The lowest BCUT2D eigenvalue weighted by Gasteiger charge is -2.28. The fourth-order valence-corrected chi connectivity index (χ4v) is 2.71. The Kier molecular flexibility index (Phi) is 4.65. The van der Waals surface area contributed by atoms with E-state index in [9.17, 15) is 44.7 Å².